The molecule has 0 amide bonds. The van der Waals surface area contributed by atoms with Gasteiger partial charge in [0.15, 0.2) is 0 Å². The Morgan fingerprint density at radius 3 is 2.67 bits per heavy atom. The molecule has 0 unspecified atom stereocenters. The molecule has 0 aliphatic rings. The molecule has 90 valence electrons. The molecule has 3 rings (SSSR count). The van der Waals surface area contributed by atoms with E-state index in [2.05, 4.69) is 18.0 Å². The molecule has 4 nitrogen and oxygen atoms in total. The highest BCUT2D eigenvalue weighted by Gasteiger charge is 2.10. The highest BCUT2D eigenvalue weighted by molar-refractivity contribution is 5.77. The average molecular weight is 238 g/mol. The third-order valence-corrected chi connectivity index (χ3v) is 3.27. The number of para-hydroxylation sites is 1. The Kier molecular flexibility index (Phi) is 2.30. The average Bonchev–Trinajstić information content (AvgIpc) is 2.64. The molecule has 2 aromatic heterocycles. The van der Waals surface area contributed by atoms with Gasteiger partial charge in [0.25, 0.3) is 0 Å². The first-order valence-electron chi connectivity index (χ1n) is 5.82. The Morgan fingerprint density at radius 2 is 1.89 bits per heavy atom. The Morgan fingerprint density at radius 1 is 1.11 bits per heavy atom. The van der Waals surface area contributed by atoms with Gasteiger partial charge in [0.05, 0.1) is 22.9 Å². The lowest BCUT2D eigenvalue weighted by molar-refractivity contribution is 0.786. The van der Waals surface area contributed by atoms with E-state index in [-0.39, 0.29) is 0 Å². The summed E-state index contributed by atoms with van der Waals surface area (Å²) in [6.45, 7) is 2.05. The molecule has 0 fully saturated rings. The molecule has 0 spiro atoms. The smallest absolute Gasteiger partial charge is 0.207 e. The van der Waals surface area contributed by atoms with Crippen LogP contribution in [0.3, 0.4) is 0 Å². The lowest BCUT2D eigenvalue weighted by Gasteiger charge is -2.07. The summed E-state index contributed by atoms with van der Waals surface area (Å²) in [5.41, 5.74) is 4.60. The van der Waals surface area contributed by atoms with Crippen molar-refractivity contribution in [2.45, 2.75) is 6.92 Å². The molecule has 3 aromatic rings. The van der Waals surface area contributed by atoms with Gasteiger partial charge in [-0.05, 0) is 24.6 Å². The number of benzene rings is 1. The van der Waals surface area contributed by atoms with E-state index in [9.17, 15) is 0 Å². The van der Waals surface area contributed by atoms with Crippen LogP contribution in [0.2, 0.25) is 0 Å². The molecule has 4 heteroatoms. The van der Waals surface area contributed by atoms with Crippen LogP contribution in [-0.4, -0.2) is 14.1 Å². The molecule has 0 bridgehead atoms. The van der Waals surface area contributed by atoms with E-state index in [0.29, 0.717) is 5.62 Å². The molecule has 1 aromatic carbocycles. The summed E-state index contributed by atoms with van der Waals surface area (Å²) in [4.78, 5) is 4.17. The monoisotopic (exact) mass is 238 g/mol. The highest BCUT2D eigenvalue weighted by atomic mass is 15.2. The Balaban J connectivity index is 2.47. The second-order valence-electron chi connectivity index (χ2n) is 4.37. The van der Waals surface area contributed by atoms with E-state index < -0.39 is 0 Å². The topological polar surface area (TPSA) is 46.6 Å². The van der Waals surface area contributed by atoms with Crippen molar-refractivity contribution in [2.24, 2.45) is 7.05 Å². The summed E-state index contributed by atoms with van der Waals surface area (Å²) < 4.78 is 3.79. The number of imidazole rings is 1. The van der Waals surface area contributed by atoms with Gasteiger partial charge in [-0.3, -0.25) is 15.0 Å². The number of aryl methyl sites for hydroxylation is 2. The van der Waals surface area contributed by atoms with Gasteiger partial charge in [0.2, 0.25) is 5.62 Å². The molecule has 0 aliphatic carbocycles. The summed E-state index contributed by atoms with van der Waals surface area (Å²) >= 11 is 0. The van der Waals surface area contributed by atoms with Gasteiger partial charge in [-0.25, -0.2) is 0 Å². The van der Waals surface area contributed by atoms with Gasteiger partial charge in [-0.2, -0.15) is 0 Å². The largest absolute Gasteiger partial charge is 0.313 e. The lowest BCUT2D eigenvalue weighted by Crippen LogP contribution is -2.21. The third kappa shape index (κ3) is 1.39. The first-order valence-corrected chi connectivity index (χ1v) is 5.82. The van der Waals surface area contributed by atoms with Crippen LogP contribution >= 0.6 is 0 Å². The number of nitrogens with one attached hydrogen (secondary N) is 1. The second-order valence-corrected chi connectivity index (χ2v) is 4.37. The van der Waals surface area contributed by atoms with Crippen molar-refractivity contribution in [3.05, 3.63) is 53.9 Å². The Labute approximate surface area is 105 Å². The van der Waals surface area contributed by atoms with Crippen molar-refractivity contribution < 1.29 is 0 Å². The maximum atomic E-state index is 8.26. The summed E-state index contributed by atoms with van der Waals surface area (Å²) in [6.07, 6.45) is 3.56. The minimum atomic E-state index is 0.451. The molecule has 0 saturated heterocycles. The maximum absolute atomic E-state index is 8.26. The van der Waals surface area contributed by atoms with Crippen LogP contribution in [0.15, 0.2) is 42.7 Å². The van der Waals surface area contributed by atoms with Gasteiger partial charge in [0.1, 0.15) is 0 Å². The normalized spacial score (nSPS) is 11.0. The zero-order chi connectivity index (χ0) is 12.7. The highest BCUT2D eigenvalue weighted by Crippen LogP contribution is 2.18. The van der Waals surface area contributed by atoms with Crippen molar-refractivity contribution in [1.29, 1.82) is 5.41 Å². The number of rotatable bonds is 1. The van der Waals surface area contributed by atoms with E-state index in [4.69, 9.17) is 5.41 Å². The van der Waals surface area contributed by atoms with Gasteiger partial charge in [0, 0.05) is 13.2 Å². The van der Waals surface area contributed by atoms with Crippen molar-refractivity contribution in [1.82, 2.24) is 14.1 Å². The lowest BCUT2D eigenvalue weighted by atomic mass is 10.2. The van der Waals surface area contributed by atoms with Crippen LogP contribution in [0.5, 0.6) is 0 Å². The molecular weight excluding hydrogens is 224 g/mol. The summed E-state index contributed by atoms with van der Waals surface area (Å²) in [7, 11) is 1.90. The van der Waals surface area contributed by atoms with Gasteiger partial charge >= 0.3 is 0 Å². The van der Waals surface area contributed by atoms with E-state index in [0.717, 1.165) is 22.3 Å². The molecule has 18 heavy (non-hydrogen) atoms. The van der Waals surface area contributed by atoms with Crippen LogP contribution in [0.25, 0.3) is 16.7 Å². The zero-order valence-corrected chi connectivity index (χ0v) is 10.4. The van der Waals surface area contributed by atoms with E-state index in [1.807, 2.05) is 40.4 Å². The fraction of sp³-hybridized carbons (Fsp3) is 0.143. The minimum absolute atomic E-state index is 0.451. The number of pyridine rings is 1. The van der Waals surface area contributed by atoms with E-state index in [1.54, 1.807) is 12.4 Å². The molecule has 2 heterocycles. The Hall–Kier alpha value is -2.36. The maximum Gasteiger partial charge on any atom is 0.207 e. The first kappa shape index (κ1) is 10.8. The number of hydrogen-bond donors (Lipinski definition) is 1. The molecule has 0 saturated carbocycles. The minimum Gasteiger partial charge on any atom is -0.313 e. The van der Waals surface area contributed by atoms with Crippen molar-refractivity contribution in [2.75, 3.05) is 0 Å². The third-order valence-electron chi connectivity index (χ3n) is 3.27. The predicted molar refractivity (Wildman–Crippen MR) is 70.6 cm³/mol. The summed E-state index contributed by atoms with van der Waals surface area (Å²) in [6, 6.07) is 10.0. The standard InChI is InChI=1S/C14H14N4/c1-10-5-3-4-6-11(10)18-13-9-16-8-7-12(13)17(2)14(18)15/h3-9,15H,1-2H3. The van der Waals surface area contributed by atoms with Crippen molar-refractivity contribution >= 4 is 11.0 Å². The van der Waals surface area contributed by atoms with Crippen LogP contribution in [0.1, 0.15) is 5.56 Å². The van der Waals surface area contributed by atoms with Gasteiger partial charge < -0.3 is 4.57 Å². The molecule has 1 N–H and O–H groups in total. The van der Waals surface area contributed by atoms with Crippen LogP contribution in [0.4, 0.5) is 0 Å². The number of fused-ring (bicyclic) bond motifs is 1. The number of aromatic nitrogens is 3. The Bertz CT molecular complexity index is 780. The molecule has 0 radical (unpaired) electrons. The molecule has 0 aliphatic heterocycles. The fourth-order valence-corrected chi connectivity index (χ4v) is 2.27. The second kappa shape index (κ2) is 3.84. The molecular formula is C14H14N4. The fourth-order valence-electron chi connectivity index (χ4n) is 2.27. The van der Waals surface area contributed by atoms with E-state index >= 15 is 0 Å². The van der Waals surface area contributed by atoms with Crippen LogP contribution in [-0.2, 0) is 7.05 Å². The quantitative estimate of drug-likeness (QED) is 0.693. The summed E-state index contributed by atoms with van der Waals surface area (Å²) in [5, 5.41) is 8.26. The SMILES string of the molecule is Cc1ccccc1-n1c(=N)n(C)c2ccncc21. The first-order chi connectivity index (χ1) is 8.70. The molecule has 0 atom stereocenters. The van der Waals surface area contributed by atoms with Crippen LogP contribution in [0, 0.1) is 12.3 Å². The predicted octanol–water partition coefficient (Wildman–Crippen LogP) is 2.15. The number of hydrogen-bond acceptors (Lipinski definition) is 2. The summed E-state index contributed by atoms with van der Waals surface area (Å²) in [5.74, 6) is 0. The van der Waals surface area contributed by atoms with Crippen molar-refractivity contribution in [3.63, 3.8) is 0 Å². The van der Waals surface area contributed by atoms with E-state index in [1.165, 1.54) is 0 Å². The zero-order valence-electron chi connectivity index (χ0n) is 10.4. The number of nitrogens with zero attached hydrogens (tertiary/aromatic N) is 3. The van der Waals surface area contributed by atoms with Gasteiger partial charge in [-0.15, -0.1) is 0 Å². The van der Waals surface area contributed by atoms with Crippen LogP contribution < -0.4 is 5.62 Å². The van der Waals surface area contributed by atoms with Crippen molar-refractivity contribution in [3.8, 4) is 5.69 Å². The van der Waals surface area contributed by atoms with Gasteiger partial charge in [-0.1, -0.05) is 18.2 Å².